The Balaban J connectivity index is 3.64. The average Bonchev–Trinajstić information content (AvgIpc) is 2.04. The second-order valence-corrected chi connectivity index (χ2v) is 4.12. The molecule has 72 valence electrons. The molecule has 0 bridgehead atoms. The third-order valence-corrected chi connectivity index (χ3v) is 2.55. The summed E-state index contributed by atoms with van der Waals surface area (Å²) in [6, 6.07) is 0. The fourth-order valence-electron chi connectivity index (χ4n) is 0.499. The lowest BCUT2D eigenvalue weighted by Gasteiger charge is -2.03. The molecular weight excluding hydrogens is 182 g/mol. The van der Waals surface area contributed by atoms with Gasteiger partial charge in [0.15, 0.2) is 0 Å². The van der Waals surface area contributed by atoms with Crippen LogP contribution in [-0.4, -0.2) is 40.2 Å². The summed E-state index contributed by atoms with van der Waals surface area (Å²) < 4.78 is 23.7. The van der Waals surface area contributed by atoms with Gasteiger partial charge in [-0.25, -0.2) is 13.1 Å². The smallest absolute Gasteiger partial charge is 0.233 e. The van der Waals surface area contributed by atoms with Crippen LogP contribution < -0.4 is 15.8 Å². The fourth-order valence-corrected chi connectivity index (χ4v) is 1.07. The first-order valence-corrected chi connectivity index (χ1v) is 5.05. The number of rotatable bonds is 5. The van der Waals surface area contributed by atoms with E-state index >= 15 is 0 Å². The van der Waals surface area contributed by atoms with Gasteiger partial charge in [-0.3, -0.25) is 4.79 Å². The van der Waals surface area contributed by atoms with Gasteiger partial charge < -0.3 is 11.1 Å². The van der Waals surface area contributed by atoms with Crippen LogP contribution >= 0.6 is 0 Å². The van der Waals surface area contributed by atoms with E-state index in [-0.39, 0.29) is 24.7 Å². The van der Waals surface area contributed by atoms with Crippen molar-refractivity contribution in [2.45, 2.75) is 0 Å². The fraction of sp³-hybridized carbons (Fsp3) is 0.800. The highest BCUT2D eigenvalue weighted by Crippen LogP contribution is 1.78. The maximum Gasteiger partial charge on any atom is 0.233 e. The van der Waals surface area contributed by atoms with E-state index < -0.39 is 10.0 Å². The number of hydrogen-bond donors (Lipinski definition) is 3. The van der Waals surface area contributed by atoms with Gasteiger partial charge in [0.05, 0.1) is 12.3 Å². The molecule has 0 rings (SSSR count). The van der Waals surface area contributed by atoms with Crippen LogP contribution in [0.25, 0.3) is 0 Å². The number of nitrogens with one attached hydrogen (secondary N) is 2. The zero-order chi connectivity index (χ0) is 9.61. The molecular formula is C5H13N3O3S. The molecule has 0 radical (unpaired) electrons. The van der Waals surface area contributed by atoms with E-state index in [1.54, 1.807) is 0 Å². The Kier molecular flexibility index (Phi) is 4.79. The number of carbonyl (C=O) groups is 1. The first-order valence-electron chi connectivity index (χ1n) is 3.40. The number of sulfonamides is 1. The lowest BCUT2D eigenvalue weighted by atomic mass is 10.6. The van der Waals surface area contributed by atoms with E-state index in [1.165, 1.54) is 7.05 Å². The summed E-state index contributed by atoms with van der Waals surface area (Å²) in [5.74, 6) is -0.490. The monoisotopic (exact) mass is 195 g/mol. The van der Waals surface area contributed by atoms with Crippen LogP contribution in [0.2, 0.25) is 0 Å². The molecule has 0 aromatic heterocycles. The van der Waals surface area contributed by atoms with Crippen LogP contribution in [0.4, 0.5) is 0 Å². The van der Waals surface area contributed by atoms with Crippen molar-refractivity contribution in [3.05, 3.63) is 0 Å². The molecule has 0 atom stereocenters. The van der Waals surface area contributed by atoms with Crippen molar-refractivity contribution in [1.82, 2.24) is 10.0 Å². The molecule has 0 fully saturated rings. The third-order valence-electron chi connectivity index (χ3n) is 1.19. The van der Waals surface area contributed by atoms with Crippen LogP contribution in [-0.2, 0) is 14.8 Å². The molecule has 0 aliphatic carbocycles. The first-order chi connectivity index (χ1) is 5.52. The minimum atomic E-state index is -3.23. The van der Waals surface area contributed by atoms with E-state index in [0.717, 1.165) is 0 Å². The first kappa shape index (κ1) is 11.3. The number of hydrogen-bond acceptors (Lipinski definition) is 4. The van der Waals surface area contributed by atoms with Gasteiger partial charge in [-0.2, -0.15) is 0 Å². The Bertz CT molecular complexity index is 236. The van der Waals surface area contributed by atoms with Crippen molar-refractivity contribution in [3.8, 4) is 0 Å². The minimum Gasteiger partial charge on any atom is -0.354 e. The van der Waals surface area contributed by atoms with Gasteiger partial charge in [0, 0.05) is 6.54 Å². The Hall–Kier alpha value is -0.660. The summed E-state index contributed by atoms with van der Waals surface area (Å²) in [6.45, 7) is -0.0428. The highest BCUT2D eigenvalue weighted by Gasteiger charge is 2.06. The van der Waals surface area contributed by atoms with Crippen molar-refractivity contribution in [3.63, 3.8) is 0 Å². The standard InChI is InChI=1S/C5H13N3O3S/c1-7-12(10,11)3-2-8-5(9)4-6/h7H,2-4,6H2,1H3,(H,8,9). The van der Waals surface area contributed by atoms with E-state index in [4.69, 9.17) is 5.73 Å². The minimum absolute atomic E-state index is 0.0825. The summed E-state index contributed by atoms with van der Waals surface area (Å²) in [6.07, 6.45) is 0. The van der Waals surface area contributed by atoms with Crippen molar-refractivity contribution in [2.75, 3.05) is 25.9 Å². The normalized spacial score (nSPS) is 11.2. The van der Waals surface area contributed by atoms with Crippen molar-refractivity contribution in [2.24, 2.45) is 5.73 Å². The molecule has 0 saturated carbocycles. The van der Waals surface area contributed by atoms with Gasteiger partial charge in [0.25, 0.3) is 0 Å². The highest BCUT2D eigenvalue weighted by molar-refractivity contribution is 7.89. The van der Waals surface area contributed by atoms with Crippen molar-refractivity contribution in [1.29, 1.82) is 0 Å². The topological polar surface area (TPSA) is 101 Å². The van der Waals surface area contributed by atoms with Crippen molar-refractivity contribution >= 4 is 15.9 Å². The molecule has 0 heterocycles. The molecule has 4 N–H and O–H groups in total. The predicted molar refractivity (Wildman–Crippen MR) is 44.9 cm³/mol. The van der Waals surface area contributed by atoms with Crippen LogP contribution in [0.1, 0.15) is 0 Å². The van der Waals surface area contributed by atoms with E-state index in [9.17, 15) is 13.2 Å². The molecule has 0 spiro atoms. The third kappa shape index (κ3) is 5.05. The molecule has 0 aromatic rings. The molecule has 0 aromatic carbocycles. The van der Waals surface area contributed by atoms with Gasteiger partial charge in [-0.15, -0.1) is 0 Å². The van der Waals surface area contributed by atoms with Crippen LogP contribution in [0.15, 0.2) is 0 Å². The summed E-state index contributed by atoms with van der Waals surface area (Å²) in [4.78, 5) is 10.5. The second-order valence-electron chi connectivity index (χ2n) is 2.08. The van der Waals surface area contributed by atoms with Crippen LogP contribution in [0.3, 0.4) is 0 Å². The SMILES string of the molecule is CNS(=O)(=O)CCNC(=O)CN. The number of amides is 1. The van der Waals surface area contributed by atoms with Gasteiger partial charge >= 0.3 is 0 Å². The largest absolute Gasteiger partial charge is 0.354 e. The van der Waals surface area contributed by atoms with E-state index in [1.807, 2.05) is 0 Å². The van der Waals surface area contributed by atoms with Gasteiger partial charge in [0.2, 0.25) is 15.9 Å². The van der Waals surface area contributed by atoms with Gasteiger partial charge in [-0.1, -0.05) is 0 Å². The molecule has 0 unspecified atom stereocenters. The lowest BCUT2D eigenvalue weighted by Crippen LogP contribution is -2.36. The summed E-state index contributed by atoms with van der Waals surface area (Å²) in [5, 5.41) is 2.34. The maximum absolute atomic E-state index is 10.8. The summed E-state index contributed by atoms with van der Waals surface area (Å²) in [5.41, 5.74) is 4.98. The Morgan fingerprint density at radius 3 is 2.50 bits per heavy atom. The predicted octanol–water partition coefficient (Wildman–Crippen LogP) is -2.39. The Labute approximate surface area is 71.6 Å². The molecule has 0 aliphatic rings. The lowest BCUT2D eigenvalue weighted by molar-refractivity contribution is -0.119. The van der Waals surface area contributed by atoms with Gasteiger partial charge in [-0.05, 0) is 7.05 Å². The zero-order valence-corrected chi connectivity index (χ0v) is 7.65. The molecule has 12 heavy (non-hydrogen) atoms. The van der Waals surface area contributed by atoms with E-state index in [2.05, 4.69) is 10.0 Å². The quantitative estimate of drug-likeness (QED) is 0.455. The number of nitrogens with two attached hydrogens (primary N) is 1. The highest BCUT2D eigenvalue weighted by atomic mass is 32.2. The molecule has 7 heteroatoms. The second kappa shape index (κ2) is 5.07. The molecule has 6 nitrogen and oxygen atoms in total. The molecule has 0 aliphatic heterocycles. The summed E-state index contributed by atoms with van der Waals surface area (Å²) >= 11 is 0. The maximum atomic E-state index is 10.8. The van der Waals surface area contributed by atoms with Crippen LogP contribution in [0, 0.1) is 0 Å². The molecule has 1 amide bonds. The van der Waals surface area contributed by atoms with Crippen LogP contribution in [0.5, 0.6) is 0 Å². The molecule has 0 saturated heterocycles. The van der Waals surface area contributed by atoms with E-state index in [0.29, 0.717) is 0 Å². The van der Waals surface area contributed by atoms with Gasteiger partial charge in [0.1, 0.15) is 0 Å². The average molecular weight is 195 g/mol. The Morgan fingerprint density at radius 2 is 2.08 bits per heavy atom. The summed E-state index contributed by atoms with van der Waals surface area (Å²) in [7, 11) is -1.91. The van der Waals surface area contributed by atoms with Crippen molar-refractivity contribution < 1.29 is 13.2 Å². The zero-order valence-electron chi connectivity index (χ0n) is 6.83. The Morgan fingerprint density at radius 1 is 1.50 bits per heavy atom. The number of carbonyl (C=O) groups excluding carboxylic acids is 1.